The lowest BCUT2D eigenvalue weighted by atomic mass is 9.67. The number of para-hydroxylation sites is 2. The molecule has 6 heteroatoms. The van der Waals surface area contributed by atoms with E-state index in [1.165, 1.54) is 27.5 Å². The van der Waals surface area contributed by atoms with Crippen LogP contribution in [0.4, 0.5) is 4.39 Å². The predicted molar refractivity (Wildman–Crippen MR) is 306 cm³/mol. The number of imidazole rings is 1. The molecule has 0 saturated heterocycles. The minimum absolute atomic E-state index is 0.127. The molecule has 2 aromatic heterocycles. The number of aryl methyl sites for hydroxylation is 1. The van der Waals surface area contributed by atoms with Crippen LogP contribution in [-0.4, -0.2) is 30.6 Å². The molecule has 3 nitrogen and oxygen atoms in total. The summed E-state index contributed by atoms with van der Waals surface area (Å²) in [5.74, 6) is 0.984. The van der Waals surface area contributed by atoms with E-state index in [-0.39, 0.29) is 23.2 Å². The maximum absolute atomic E-state index is 15.5. The smallest absolute Gasteiger partial charge is 0.301 e. The van der Waals surface area contributed by atoms with E-state index >= 15 is 4.39 Å². The summed E-state index contributed by atoms with van der Waals surface area (Å²) < 4.78 is 22.7. The highest BCUT2D eigenvalue weighted by atomic mass is 32.1. The number of hydrogen-bond acceptors (Lipinski definition) is 2. The second kappa shape index (κ2) is 19.4. The highest BCUT2D eigenvalue weighted by Gasteiger charge is 2.48. The number of benzene rings is 7. The second-order valence-electron chi connectivity index (χ2n) is 20.7. The Balaban J connectivity index is 1.40. The average Bonchev–Trinajstić information content (AvgIpc) is 3.93. The zero-order chi connectivity index (χ0) is 49.6. The molecule has 0 fully saturated rings. The van der Waals surface area contributed by atoms with Gasteiger partial charge in [0.1, 0.15) is 17.2 Å². The zero-order valence-electron chi connectivity index (χ0n) is 42.5. The molecule has 0 radical (unpaired) electrons. The van der Waals surface area contributed by atoms with Crippen molar-refractivity contribution in [2.75, 3.05) is 7.05 Å². The molecule has 10 rings (SSSR count). The Morgan fingerprint density at radius 1 is 0.817 bits per heavy atom. The van der Waals surface area contributed by atoms with Crippen LogP contribution in [0.3, 0.4) is 0 Å². The summed E-state index contributed by atoms with van der Waals surface area (Å²) in [6.45, 7) is 22.1. The van der Waals surface area contributed by atoms with Gasteiger partial charge in [0.2, 0.25) is 0 Å². The topological polar surface area (TPSA) is 12.1 Å². The molecular formula is C65H65FN3SSi+. The molecule has 0 amide bonds. The maximum atomic E-state index is 15.5. The van der Waals surface area contributed by atoms with E-state index in [0.29, 0.717) is 0 Å². The van der Waals surface area contributed by atoms with Crippen molar-refractivity contribution >= 4 is 56.3 Å². The van der Waals surface area contributed by atoms with Crippen LogP contribution in [0, 0.1) is 17.2 Å². The van der Waals surface area contributed by atoms with E-state index in [0.717, 1.165) is 89.9 Å². The van der Waals surface area contributed by atoms with Crippen molar-refractivity contribution in [1.82, 2.24) is 9.47 Å². The molecule has 356 valence electrons. The number of thiophene rings is 1. The van der Waals surface area contributed by atoms with Crippen LogP contribution < -0.4 is 4.57 Å². The summed E-state index contributed by atoms with van der Waals surface area (Å²) in [6.07, 6.45) is 14.1. The minimum atomic E-state index is -1.70. The molecular weight excluding hydrogens is 902 g/mol. The Hall–Kier alpha value is -6.86. The van der Waals surface area contributed by atoms with Crippen LogP contribution in [-0.2, 0) is 6.42 Å². The summed E-state index contributed by atoms with van der Waals surface area (Å²) in [7, 11) is 0.603. The molecule has 0 N–H and O–H groups in total. The first kappa shape index (κ1) is 47.8. The van der Waals surface area contributed by atoms with Crippen LogP contribution in [0.15, 0.2) is 200 Å². The quantitative estimate of drug-likeness (QED) is 0.0715. The van der Waals surface area contributed by atoms with Gasteiger partial charge in [0.15, 0.2) is 11.0 Å². The van der Waals surface area contributed by atoms with E-state index in [1.807, 2.05) is 6.07 Å². The number of nitrogens with zero attached hydrogens (tertiary/aromatic N) is 3. The molecule has 0 aliphatic carbocycles. The van der Waals surface area contributed by atoms with Gasteiger partial charge in [-0.25, -0.2) is 4.39 Å². The normalized spacial score (nSPS) is 17.2. The van der Waals surface area contributed by atoms with Gasteiger partial charge in [-0.15, -0.1) is 11.3 Å². The highest BCUT2D eigenvalue weighted by molar-refractivity contribution is 7.26. The minimum Gasteiger partial charge on any atom is -0.370 e. The van der Waals surface area contributed by atoms with Crippen molar-refractivity contribution in [1.29, 1.82) is 0 Å². The van der Waals surface area contributed by atoms with Crippen LogP contribution in [0.25, 0.3) is 87.4 Å². The number of halogens is 1. The van der Waals surface area contributed by atoms with Crippen molar-refractivity contribution in [3.8, 4) is 50.5 Å². The summed E-state index contributed by atoms with van der Waals surface area (Å²) in [5.41, 5.74) is 13.3. The van der Waals surface area contributed by atoms with Crippen LogP contribution in [0.5, 0.6) is 0 Å². The van der Waals surface area contributed by atoms with Crippen LogP contribution >= 0.6 is 11.3 Å². The Morgan fingerprint density at radius 3 is 2.13 bits per heavy atom. The molecule has 71 heavy (non-hydrogen) atoms. The number of hydrogen-bond donors (Lipinski definition) is 0. The summed E-state index contributed by atoms with van der Waals surface area (Å²) >= 11 is 1.71. The first-order valence-corrected chi connectivity index (χ1v) is 29.6. The van der Waals surface area contributed by atoms with Gasteiger partial charge >= 0.3 is 5.82 Å². The number of aromatic nitrogens is 2. The molecule has 3 atom stereocenters. The van der Waals surface area contributed by atoms with Gasteiger partial charge in [0.25, 0.3) is 0 Å². The molecule has 1 aliphatic rings. The second-order valence-corrected chi connectivity index (χ2v) is 26.9. The van der Waals surface area contributed by atoms with Gasteiger partial charge in [-0.2, -0.15) is 9.13 Å². The monoisotopic (exact) mass is 966 g/mol. The summed E-state index contributed by atoms with van der Waals surface area (Å²) in [6, 6.07) is 55.9. The third-order valence-corrected chi connectivity index (χ3v) is 18.9. The average molecular weight is 967 g/mol. The lowest BCUT2D eigenvalue weighted by Crippen LogP contribution is -2.53. The van der Waals surface area contributed by atoms with E-state index in [1.54, 1.807) is 23.5 Å². The summed E-state index contributed by atoms with van der Waals surface area (Å²) in [5, 5.41) is 3.74. The third kappa shape index (κ3) is 8.65. The largest absolute Gasteiger partial charge is 0.370 e. The molecule has 9 aromatic rings. The Morgan fingerprint density at radius 2 is 1.46 bits per heavy atom. The Bertz CT molecular complexity index is 3540. The van der Waals surface area contributed by atoms with E-state index in [4.69, 9.17) is 6.58 Å². The van der Waals surface area contributed by atoms with Gasteiger partial charge in [-0.1, -0.05) is 186 Å². The molecule has 0 saturated carbocycles. The fourth-order valence-electron chi connectivity index (χ4n) is 11.5. The van der Waals surface area contributed by atoms with Crippen LogP contribution in [0.1, 0.15) is 46.1 Å². The number of fused-ring (bicyclic) bond motifs is 9. The number of likely N-dealkylation sites (N-methyl/N-ethyl adjacent to an activating group) is 1. The predicted octanol–water partition coefficient (Wildman–Crippen LogP) is 17.8. The van der Waals surface area contributed by atoms with Crippen molar-refractivity contribution in [3.05, 3.63) is 211 Å². The first-order valence-electron chi connectivity index (χ1n) is 25.3. The summed E-state index contributed by atoms with van der Waals surface area (Å²) in [4.78, 5) is 2.54. The van der Waals surface area contributed by atoms with Crippen molar-refractivity contribution in [2.24, 2.45) is 11.3 Å². The fraction of sp³-hybridized carbons (Fsp3) is 0.215. The standard InChI is InChI=1S/C65H65FN3SSi/c1-10-12-16-25-44(3)65(5)39-38-50-41-55(48-30-21-15-22-31-48)61-53-36-35-51(66)42-59(53)70-62(61)60(50)64-68(45(4)63(65)67(6)43-52(11-2)71(7,8)9)57-32-23-24-33-58(57)69(64)56-37-34-49(46-26-17-13-18-27-46)40-54(56)47-28-19-14-20-29-47/h10,12-37,40-44,63H,4,11,38-39H2,1-3,5-9H3/q+1/b12-10-,25-16-,52-43+. The van der Waals surface area contributed by atoms with Crippen molar-refractivity contribution in [2.45, 2.75) is 72.6 Å². The van der Waals surface area contributed by atoms with Crippen LogP contribution in [0.2, 0.25) is 19.6 Å². The van der Waals surface area contributed by atoms with E-state index in [2.05, 4.69) is 238 Å². The zero-order valence-corrected chi connectivity index (χ0v) is 44.3. The van der Waals surface area contributed by atoms with Gasteiger partial charge in [0, 0.05) is 33.5 Å². The van der Waals surface area contributed by atoms with Gasteiger partial charge in [-0.3, -0.25) is 0 Å². The lowest BCUT2D eigenvalue weighted by Gasteiger charge is -2.46. The lowest BCUT2D eigenvalue weighted by molar-refractivity contribution is -0.546. The molecule has 1 aliphatic heterocycles. The molecule has 0 spiro atoms. The van der Waals surface area contributed by atoms with E-state index in [9.17, 15) is 0 Å². The maximum Gasteiger partial charge on any atom is 0.301 e. The Labute approximate surface area is 425 Å². The fourth-order valence-corrected chi connectivity index (χ4v) is 14.5. The molecule has 3 unspecified atom stereocenters. The first-order chi connectivity index (χ1) is 34.3. The van der Waals surface area contributed by atoms with Gasteiger partial charge in [0.05, 0.1) is 24.4 Å². The third-order valence-electron chi connectivity index (χ3n) is 15.3. The number of allylic oxidation sites excluding steroid dienone is 5. The van der Waals surface area contributed by atoms with Gasteiger partial charge in [-0.05, 0) is 120 Å². The van der Waals surface area contributed by atoms with Gasteiger partial charge < -0.3 is 4.90 Å². The SMILES string of the molecule is C=C1C(N(C)/C=C(\CC)[Si](C)(C)C)C(C)(C(C)/C=C\C=C/C)CCc2cc(-c3ccccc3)c3c(sc4cc(F)ccc43)c2-c2n(-c3ccc(-c4ccccc4)cc3-c3ccccc3)c3ccccc3[n+]21. The van der Waals surface area contributed by atoms with Crippen molar-refractivity contribution in [3.63, 3.8) is 0 Å². The van der Waals surface area contributed by atoms with E-state index < -0.39 is 8.07 Å². The Kier molecular flexibility index (Phi) is 13.1. The number of rotatable bonds is 11. The molecule has 3 heterocycles. The highest BCUT2D eigenvalue weighted by Crippen LogP contribution is 2.52. The van der Waals surface area contributed by atoms with Crippen molar-refractivity contribution < 1.29 is 8.96 Å². The molecule has 7 aromatic carbocycles. The molecule has 0 bridgehead atoms.